The van der Waals surface area contributed by atoms with Crippen LogP contribution < -0.4 is 0 Å². The number of nitrogens with zero attached hydrogens (tertiary/aromatic N) is 1. The zero-order valence-electron chi connectivity index (χ0n) is 8.70. The molecule has 0 aromatic rings. The van der Waals surface area contributed by atoms with Crippen molar-refractivity contribution < 1.29 is 9.59 Å². The van der Waals surface area contributed by atoms with Crippen molar-refractivity contribution in [3.63, 3.8) is 0 Å². The van der Waals surface area contributed by atoms with E-state index in [1.54, 1.807) is 0 Å². The van der Waals surface area contributed by atoms with Crippen LogP contribution in [-0.2, 0) is 9.59 Å². The Labute approximate surface area is 79.1 Å². The summed E-state index contributed by atoms with van der Waals surface area (Å²) in [5, 5.41) is 0. The summed E-state index contributed by atoms with van der Waals surface area (Å²) in [6.45, 7) is 8.17. The Morgan fingerprint density at radius 2 is 1.85 bits per heavy atom. The lowest BCUT2D eigenvalue weighted by atomic mass is 9.87. The topological polar surface area (TPSA) is 37.4 Å². The second-order valence-electron chi connectivity index (χ2n) is 3.98. The molecule has 2 atom stereocenters. The number of rotatable bonds is 2. The predicted molar refractivity (Wildman–Crippen MR) is 49.9 cm³/mol. The molecule has 1 aliphatic rings. The summed E-state index contributed by atoms with van der Waals surface area (Å²) in [5.74, 6) is 0.0177. The van der Waals surface area contributed by atoms with Gasteiger partial charge >= 0.3 is 0 Å². The zero-order valence-corrected chi connectivity index (χ0v) is 8.70. The first-order valence-corrected chi connectivity index (χ1v) is 4.85. The van der Waals surface area contributed by atoms with E-state index in [1.165, 1.54) is 4.90 Å². The molecule has 74 valence electrons. The Hall–Kier alpha value is -0.860. The van der Waals surface area contributed by atoms with Crippen LogP contribution in [0.3, 0.4) is 0 Å². The highest BCUT2D eigenvalue weighted by Crippen LogP contribution is 2.31. The lowest BCUT2D eigenvalue weighted by Gasteiger charge is -2.15. The smallest absolute Gasteiger partial charge is 0.233 e. The predicted octanol–water partition coefficient (Wildman–Crippen LogP) is 1.28. The third-order valence-electron chi connectivity index (χ3n) is 2.78. The fraction of sp³-hybridized carbons (Fsp3) is 0.800. The molecule has 1 saturated heterocycles. The van der Waals surface area contributed by atoms with Crippen molar-refractivity contribution >= 4 is 11.8 Å². The van der Waals surface area contributed by atoms with Crippen LogP contribution in [0.25, 0.3) is 0 Å². The molecule has 2 amide bonds. The maximum Gasteiger partial charge on any atom is 0.233 e. The van der Waals surface area contributed by atoms with Gasteiger partial charge < -0.3 is 0 Å². The van der Waals surface area contributed by atoms with Crippen molar-refractivity contribution in [2.75, 3.05) is 6.54 Å². The molecule has 0 saturated carbocycles. The van der Waals surface area contributed by atoms with Crippen molar-refractivity contribution in [2.45, 2.75) is 27.7 Å². The largest absolute Gasteiger partial charge is 0.282 e. The summed E-state index contributed by atoms with van der Waals surface area (Å²) in [6, 6.07) is 0. The maximum absolute atomic E-state index is 11.7. The van der Waals surface area contributed by atoms with E-state index in [-0.39, 0.29) is 29.6 Å². The molecule has 3 heteroatoms. The molecular weight excluding hydrogens is 166 g/mol. The molecule has 13 heavy (non-hydrogen) atoms. The molecule has 1 fully saturated rings. The van der Waals surface area contributed by atoms with Gasteiger partial charge in [-0.3, -0.25) is 14.5 Å². The third-order valence-corrected chi connectivity index (χ3v) is 2.78. The van der Waals surface area contributed by atoms with Crippen LogP contribution in [0.15, 0.2) is 0 Å². The summed E-state index contributed by atoms with van der Waals surface area (Å²) in [5.41, 5.74) is 0. The first-order valence-electron chi connectivity index (χ1n) is 4.85. The van der Waals surface area contributed by atoms with Gasteiger partial charge in [-0.25, -0.2) is 0 Å². The molecule has 1 heterocycles. The number of carbonyl (C=O) groups excluding carboxylic acids is 2. The molecule has 1 aliphatic heterocycles. The second kappa shape index (κ2) is 3.48. The molecule has 1 rings (SSSR count). The molecule has 0 radical (unpaired) electrons. The lowest BCUT2D eigenvalue weighted by molar-refractivity contribution is -0.139. The summed E-state index contributed by atoms with van der Waals surface area (Å²) < 4.78 is 0. The molecular formula is C10H17NO2. The normalized spacial score (nSPS) is 29.2. The number of hydrogen-bond acceptors (Lipinski definition) is 2. The highest BCUT2D eigenvalue weighted by atomic mass is 16.2. The molecule has 0 bridgehead atoms. The minimum absolute atomic E-state index is 0.00815. The summed E-state index contributed by atoms with van der Waals surface area (Å²) >= 11 is 0. The van der Waals surface area contributed by atoms with E-state index in [0.29, 0.717) is 6.54 Å². The maximum atomic E-state index is 11.7. The van der Waals surface area contributed by atoms with E-state index in [4.69, 9.17) is 0 Å². The molecule has 2 unspecified atom stereocenters. The van der Waals surface area contributed by atoms with E-state index in [2.05, 4.69) is 0 Å². The Balaban J connectivity index is 2.91. The van der Waals surface area contributed by atoms with E-state index >= 15 is 0 Å². The van der Waals surface area contributed by atoms with Crippen LogP contribution in [0.2, 0.25) is 0 Å². The van der Waals surface area contributed by atoms with Gasteiger partial charge in [0, 0.05) is 12.5 Å². The fourth-order valence-corrected chi connectivity index (χ4v) is 2.08. The standard InChI is InChI=1S/C10H17NO2/c1-5-11-9(12)7(4)8(6(2)3)10(11)13/h6-8H,5H2,1-4H3. The number of likely N-dealkylation sites (tertiary alicyclic amines) is 1. The number of imide groups is 1. The summed E-state index contributed by atoms with van der Waals surface area (Å²) in [4.78, 5) is 24.6. The Kier molecular flexibility index (Phi) is 2.74. The summed E-state index contributed by atoms with van der Waals surface area (Å²) in [7, 11) is 0. The van der Waals surface area contributed by atoms with Gasteiger partial charge in [-0.05, 0) is 12.8 Å². The minimum atomic E-state index is -0.132. The monoisotopic (exact) mass is 183 g/mol. The van der Waals surface area contributed by atoms with Crippen LogP contribution in [0, 0.1) is 17.8 Å². The Morgan fingerprint density at radius 3 is 2.08 bits per heavy atom. The van der Waals surface area contributed by atoms with Crippen LogP contribution >= 0.6 is 0 Å². The molecule has 0 spiro atoms. The zero-order chi connectivity index (χ0) is 10.2. The van der Waals surface area contributed by atoms with Gasteiger partial charge in [-0.15, -0.1) is 0 Å². The van der Waals surface area contributed by atoms with Gasteiger partial charge in [0.05, 0.1) is 5.92 Å². The number of carbonyl (C=O) groups is 2. The van der Waals surface area contributed by atoms with Crippen LogP contribution in [0.4, 0.5) is 0 Å². The first kappa shape index (κ1) is 10.2. The summed E-state index contributed by atoms with van der Waals surface area (Å²) in [6.07, 6.45) is 0. The van der Waals surface area contributed by atoms with Gasteiger partial charge in [0.15, 0.2) is 0 Å². The van der Waals surface area contributed by atoms with Gasteiger partial charge in [0.2, 0.25) is 11.8 Å². The average molecular weight is 183 g/mol. The molecule has 0 aromatic heterocycles. The van der Waals surface area contributed by atoms with E-state index in [9.17, 15) is 9.59 Å². The highest BCUT2D eigenvalue weighted by molar-refractivity contribution is 6.04. The van der Waals surface area contributed by atoms with Crippen molar-refractivity contribution in [1.82, 2.24) is 4.90 Å². The lowest BCUT2D eigenvalue weighted by Crippen LogP contribution is -2.31. The van der Waals surface area contributed by atoms with Gasteiger partial charge in [0.1, 0.15) is 0 Å². The average Bonchev–Trinajstić information content (AvgIpc) is 2.24. The number of hydrogen-bond donors (Lipinski definition) is 0. The van der Waals surface area contributed by atoms with E-state index in [1.807, 2.05) is 27.7 Å². The number of amides is 2. The fourth-order valence-electron chi connectivity index (χ4n) is 2.08. The van der Waals surface area contributed by atoms with Crippen LogP contribution in [-0.4, -0.2) is 23.3 Å². The highest BCUT2D eigenvalue weighted by Gasteiger charge is 2.45. The quantitative estimate of drug-likeness (QED) is 0.605. The van der Waals surface area contributed by atoms with E-state index < -0.39 is 0 Å². The van der Waals surface area contributed by atoms with Gasteiger partial charge in [0.25, 0.3) is 0 Å². The van der Waals surface area contributed by atoms with Crippen molar-refractivity contribution in [3.8, 4) is 0 Å². The van der Waals surface area contributed by atoms with Gasteiger partial charge in [-0.2, -0.15) is 0 Å². The molecule has 0 aliphatic carbocycles. The van der Waals surface area contributed by atoms with Gasteiger partial charge in [-0.1, -0.05) is 20.8 Å². The minimum Gasteiger partial charge on any atom is -0.282 e. The SMILES string of the molecule is CCN1C(=O)C(C)C(C(C)C)C1=O. The third kappa shape index (κ3) is 1.47. The van der Waals surface area contributed by atoms with Crippen molar-refractivity contribution in [1.29, 1.82) is 0 Å². The Bertz CT molecular complexity index is 235. The van der Waals surface area contributed by atoms with E-state index in [0.717, 1.165) is 0 Å². The van der Waals surface area contributed by atoms with Crippen molar-refractivity contribution in [3.05, 3.63) is 0 Å². The molecule has 0 aromatic carbocycles. The second-order valence-corrected chi connectivity index (χ2v) is 3.98. The Morgan fingerprint density at radius 1 is 1.31 bits per heavy atom. The van der Waals surface area contributed by atoms with Crippen molar-refractivity contribution in [2.24, 2.45) is 17.8 Å². The molecule has 3 nitrogen and oxygen atoms in total. The van der Waals surface area contributed by atoms with Crippen LogP contribution in [0.1, 0.15) is 27.7 Å². The first-order chi connectivity index (χ1) is 6.00. The molecule has 0 N–H and O–H groups in total. The van der Waals surface area contributed by atoms with Crippen LogP contribution in [0.5, 0.6) is 0 Å².